The second kappa shape index (κ2) is 10.0. The van der Waals surface area contributed by atoms with E-state index in [2.05, 4.69) is 0 Å². The predicted molar refractivity (Wildman–Crippen MR) is 122 cm³/mol. The van der Waals surface area contributed by atoms with E-state index < -0.39 is 26.7 Å². The SMILES string of the molecule is COc1cc(C2SCCS2)ccc1OC(=O)c1ccc(F)c(S(=O)(=O)N2CCOCC2)c1. The molecule has 0 aliphatic carbocycles. The average Bonchev–Trinajstić information content (AvgIpc) is 3.35. The lowest BCUT2D eigenvalue weighted by atomic mass is 10.2. The smallest absolute Gasteiger partial charge is 0.343 e. The number of thioether (sulfide) groups is 2. The van der Waals surface area contributed by atoms with Gasteiger partial charge >= 0.3 is 5.97 Å². The minimum Gasteiger partial charge on any atom is -0.493 e. The first-order valence-electron chi connectivity index (χ1n) is 9.91. The van der Waals surface area contributed by atoms with E-state index in [-0.39, 0.29) is 37.6 Å². The number of hydrogen-bond donors (Lipinski definition) is 0. The quantitative estimate of drug-likeness (QED) is 0.441. The zero-order valence-electron chi connectivity index (χ0n) is 17.3. The third-order valence-electron chi connectivity index (χ3n) is 5.04. The second-order valence-corrected chi connectivity index (χ2v) is 11.7. The highest BCUT2D eigenvalue weighted by molar-refractivity contribution is 8.19. The maximum absolute atomic E-state index is 14.4. The van der Waals surface area contributed by atoms with Crippen LogP contribution in [0.25, 0.3) is 0 Å². The van der Waals surface area contributed by atoms with Gasteiger partial charge in [-0.3, -0.25) is 0 Å². The van der Waals surface area contributed by atoms with Gasteiger partial charge in [-0.25, -0.2) is 17.6 Å². The number of methoxy groups -OCH3 is 1. The minimum absolute atomic E-state index is 0.0775. The number of sulfonamides is 1. The van der Waals surface area contributed by atoms with Crippen molar-refractivity contribution < 1.29 is 31.8 Å². The molecule has 0 aromatic heterocycles. The van der Waals surface area contributed by atoms with Crippen molar-refractivity contribution in [1.29, 1.82) is 0 Å². The van der Waals surface area contributed by atoms with Gasteiger partial charge in [-0.15, -0.1) is 23.5 Å². The topological polar surface area (TPSA) is 82.1 Å². The molecule has 32 heavy (non-hydrogen) atoms. The first kappa shape index (κ1) is 23.4. The Morgan fingerprint density at radius 3 is 2.50 bits per heavy atom. The van der Waals surface area contributed by atoms with E-state index in [9.17, 15) is 17.6 Å². The molecule has 4 rings (SSSR count). The highest BCUT2D eigenvalue weighted by atomic mass is 32.2. The predicted octanol–water partition coefficient (Wildman–Crippen LogP) is 3.55. The summed E-state index contributed by atoms with van der Waals surface area (Å²) in [6.45, 7) is 0.710. The van der Waals surface area contributed by atoms with Crippen molar-refractivity contribution in [2.75, 3.05) is 44.9 Å². The molecule has 2 aliphatic heterocycles. The van der Waals surface area contributed by atoms with E-state index in [1.807, 2.05) is 35.7 Å². The Kier molecular flexibility index (Phi) is 7.30. The number of morpholine rings is 1. The molecular formula is C21H22FNO6S3. The molecule has 0 spiro atoms. The van der Waals surface area contributed by atoms with Crippen LogP contribution >= 0.6 is 23.5 Å². The van der Waals surface area contributed by atoms with Gasteiger partial charge in [0.1, 0.15) is 10.7 Å². The van der Waals surface area contributed by atoms with Crippen LogP contribution in [0.15, 0.2) is 41.3 Å². The van der Waals surface area contributed by atoms with Gasteiger partial charge in [0.15, 0.2) is 11.5 Å². The fourth-order valence-electron chi connectivity index (χ4n) is 3.38. The van der Waals surface area contributed by atoms with Crippen molar-refractivity contribution in [2.45, 2.75) is 9.48 Å². The van der Waals surface area contributed by atoms with Crippen LogP contribution in [0.3, 0.4) is 0 Å². The van der Waals surface area contributed by atoms with E-state index in [4.69, 9.17) is 14.2 Å². The number of halogens is 1. The third-order valence-corrected chi connectivity index (χ3v) is 10.1. The molecule has 2 fully saturated rings. The number of esters is 1. The number of carbonyl (C=O) groups is 1. The second-order valence-electron chi connectivity index (χ2n) is 7.03. The van der Waals surface area contributed by atoms with Crippen LogP contribution in [0, 0.1) is 5.82 Å². The van der Waals surface area contributed by atoms with Gasteiger partial charge in [0.05, 0.1) is 30.5 Å². The number of nitrogens with zero attached hydrogens (tertiary/aromatic N) is 1. The van der Waals surface area contributed by atoms with Crippen LogP contribution in [0.5, 0.6) is 11.5 Å². The first-order valence-corrected chi connectivity index (χ1v) is 13.4. The zero-order chi connectivity index (χ0) is 22.7. The van der Waals surface area contributed by atoms with Crippen LogP contribution in [0.1, 0.15) is 20.5 Å². The Morgan fingerprint density at radius 1 is 1.09 bits per heavy atom. The van der Waals surface area contributed by atoms with Gasteiger partial charge < -0.3 is 14.2 Å². The molecule has 2 aromatic rings. The Hall–Kier alpha value is -1.79. The molecule has 0 N–H and O–H groups in total. The number of hydrogen-bond acceptors (Lipinski definition) is 8. The van der Waals surface area contributed by atoms with E-state index >= 15 is 0 Å². The molecule has 11 heteroatoms. The Labute approximate surface area is 194 Å². The Morgan fingerprint density at radius 2 is 1.81 bits per heavy atom. The van der Waals surface area contributed by atoms with Crippen molar-refractivity contribution >= 4 is 39.5 Å². The normalized spacial score (nSPS) is 17.9. The Bertz CT molecular complexity index is 1100. The third kappa shape index (κ3) is 4.91. The lowest BCUT2D eigenvalue weighted by Gasteiger charge is -2.26. The van der Waals surface area contributed by atoms with Gasteiger partial charge in [-0.1, -0.05) is 6.07 Å². The van der Waals surface area contributed by atoms with Crippen molar-refractivity contribution in [3.8, 4) is 11.5 Å². The molecular weight excluding hydrogens is 477 g/mol. The molecule has 0 unspecified atom stereocenters. The van der Waals surface area contributed by atoms with Crippen molar-refractivity contribution in [2.24, 2.45) is 0 Å². The molecule has 0 radical (unpaired) electrons. The van der Waals surface area contributed by atoms with Gasteiger partial charge in [0, 0.05) is 24.6 Å². The molecule has 7 nitrogen and oxygen atoms in total. The van der Waals surface area contributed by atoms with E-state index in [0.717, 1.165) is 33.5 Å². The van der Waals surface area contributed by atoms with Crippen molar-refractivity contribution in [3.63, 3.8) is 0 Å². The van der Waals surface area contributed by atoms with Gasteiger partial charge in [-0.2, -0.15) is 4.31 Å². The van der Waals surface area contributed by atoms with Gasteiger partial charge in [0.2, 0.25) is 10.0 Å². The number of benzene rings is 2. The summed E-state index contributed by atoms with van der Waals surface area (Å²) in [5.41, 5.74) is 0.987. The van der Waals surface area contributed by atoms with Crippen LogP contribution < -0.4 is 9.47 Å². The van der Waals surface area contributed by atoms with E-state index in [1.165, 1.54) is 13.2 Å². The molecule has 2 aliphatic rings. The molecule has 2 heterocycles. The van der Waals surface area contributed by atoms with Crippen molar-refractivity contribution in [1.82, 2.24) is 4.31 Å². The summed E-state index contributed by atoms with van der Waals surface area (Å²) in [4.78, 5) is 12.2. The molecule has 2 saturated heterocycles. The molecule has 2 aromatic carbocycles. The monoisotopic (exact) mass is 499 g/mol. The summed E-state index contributed by atoms with van der Waals surface area (Å²) in [6.07, 6.45) is 0. The van der Waals surface area contributed by atoms with Crippen LogP contribution in [-0.2, 0) is 14.8 Å². The first-order chi connectivity index (χ1) is 15.4. The van der Waals surface area contributed by atoms with Crippen molar-refractivity contribution in [3.05, 3.63) is 53.3 Å². The van der Waals surface area contributed by atoms with Crippen LogP contribution in [0.4, 0.5) is 4.39 Å². The largest absolute Gasteiger partial charge is 0.493 e. The average molecular weight is 500 g/mol. The standard InChI is InChI=1S/C21H22FNO6S3/c1-27-18-12-15(21-30-10-11-31-21)3-5-17(18)29-20(24)14-2-4-16(22)19(13-14)32(25,26)23-6-8-28-9-7-23/h2-5,12-13,21H,6-11H2,1H3. The fraction of sp³-hybridized carbons (Fsp3) is 0.381. The van der Waals surface area contributed by atoms with Gasteiger partial charge in [0.25, 0.3) is 0 Å². The zero-order valence-corrected chi connectivity index (χ0v) is 19.7. The molecule has 0 atom stereocenters. The molecule has 0 saturated carbocycles. The summed E-state index contributed by atoms with van der Waals surface area (Å²) in [5.74, 6) is 1.02. The van der Waals surface area contributed by atoms with Crippen LogP contribution in [0.2, 0.25) is 0 Å². The Balaban J connectivity index is 1.57. The lowest BCUT2D eigenvalue weighted by Crippen LogP contribution is -2.41. The van der Waals surface area contributed by atoms with Gasteiger partial charge in [-0.05, 0) is 35.9 Å². The van der Waals surface area contributed by atoms with Crippen LogP contribution in [-0.4, -0.2) is 63.6 Å². The highest BCUT2D eigenvalue weighted by Gasteiger charge is 2.30. The maximum Gasteiger partial charge on any atom is 0.343 e. The molecule has 0 amide bonds. The lowest BCUT2D eigenvalue weighted by molar-refractivity contribution is 0.0724. The number of ether oxygens (including phenoxy) is 3. The summed E-state index contributed by atoms with van der Waals surface area (Å²) in [6, 6.07) is 8.52. The summed E-state index contributed by atoms with van der Waals surface area (Å²) in [5, 5.41) is 0. The minimum atomic E-state index is -4.11. The van der Waals surface area contributed by atoms with E-state index in [1.54, 1.807) is 6.07 Å². The number of rotatable bonds is 6. The van der Waals surface area contributed by atoms with E-state index in [0.29, 0.717) is 10.3 Å². The summed E-state index contributed by atoms with van der Waals surface area (Å²) in [7, 11) is -2.63. The highest BCUT2D eigenvalue weighted by Crippen LogP contribution is 2.47. The maximum atomic E-state index is 14.4. The summed E-state index contributed by atoms with van der Waals surface area (Å²) < 4.78 is 57.6. The summed E-state index contributed by atoms with van der Waals surface area (Å²) >= 11 is 3.69. The molecule has 0 bridgehead atoms. The number of carbonyl (C=O) groups excluding carboxylic acids is 1. The molecule has 172 valence electrons. The fourth-order valence-corrected chi connectivity index (χ4v) is 7.72.